The first kappa shape index (κ1) is 12.3. The summed E-state index contributed by atoms with van der Waals surface area (Å²) in [4.78, 5) is 18.4. The highest BCUT2D eigenvalue weighted by Gasteiger charge is 2.21. The average Bonchev–Trinajstić information content (AvgIpc) is 3.01. The molecule has 0 aliphatic heterocycles. The molecule has 0 fully saturated rings. The highest BCUT2D eigenvalue weighted by atomic mass is 32.1. The number of thiophene rings is 1. The summed E-state index contributed by atoms with van der Waals surface area (Å²) in [7, 11) is 1.80. The summed E-state index contributed by atoms with van der Waals surface area (Å²) in [5.41, 5.74) is 1.42. The molecular weight excluding hydrogens is 262 g/mol. The molecule has 0 atom stereocenters. The standard InChI is InChI=1S/C13H15N3O2S/c1-3-18-13(17)11-14-12(16(2)15-11)10-7-8-5-4-6-9(8)19-10/h7H,3-6H2,1-2H3. The van der Waals surface area contributed by atoms with Gasteiger partial charge in [0.1, 0.15) is 0 Å². The maximum Gasteiger partial charge on any atom is 0.378 e. The Morgan fingerprint density at radius 3 is 3.11 bits per heavy atom. The van der Waals surface area contributed by atoms with Crippen molar-refractivity contribution in [2.24, 2.45) is 7.05 Å². The fraction of sp³-hybridized carbons (Fsp3) is 0.462. The van der Waals surface area contributed by atoms with E-state index in [1.165, 1.54) is 16.9 Å². The van der Waals surface area contributed by atoms with E-state index in [4.69, 9.17) is 4.74 Å². The van der Waals surface area contributed by atoms with E-state index >= 15 is 0 Å². The van der Waals surface area contributed by atoms with Crippen molar-refractivity contribution in [3.63, 3.8) is 0 Å². The monoisotopic (exact) mass is 277 g/mol. The van der Waals surface area contributed by atoms with E-state index in [0.29, 0.717) is 6.61 Å². The minimum atomic E-state index is -0.464. The molecule has 19 heavy (non-hydrogen) atoms. The van der Waals surface area contributed by atoms with Crippen molar-refractivity contribution in [3.05, 3.63) is 22.3 Å². The number of fused-ring (bicyclic) bond motifs is 1. The molecule has 0 unspecified atom stereocenters. The normalized spacial score (nSPS) is 13.6. The summed E-state index contributed by atoms with van der Waals surface area (Å²) in [5.74, 6) is 0.406. The predicted octanol–water partition coefficient (Wildman–Crippen LogP) is 2.21. The van der Waals surface area contributed by atoms with Gasteiger partial charge in [0.05, 0.1) is 11.5 Å². The van der Waals surface area contributed by atoms with Crippen LogP contribution in [0.5, 0.6) is 0 Å². The summed E-state index contributed by atoms with van der Waals surface area (Å²) >= 11 is 1.75. The number of hydrogen-bond donors (Lipinski definition) is 0. The fourth-order valence-electron chi connectivity index (χ4n) is 2.32. The lowest BCUT2D eigenvalue weighted by molar-refractivity contribution is 0.0512. The van der Waals surface area contributed by atoms with Crippen LogP contribution in [0.2, 0.25) is 0 Å². The Hall–Kier alpha value is -1.69. The Morgan fingerprint density at radius 1 is 1.53 bits per heavy atom. The van der Waals surface area contributed by atoms with Crippen LogP contribution in [0.4, 0.5) is 0 Å². The average molecular weight is 277 g/mol. The molecule has 2 heterocycles. The zero-order valence-electron chi connectivity index (χ0n) is 11.0. The van der Waals surface area contributed by atoms with Crippen molar-refractivity contribution in [2.75, 3.05) is 6.61 Å². The van der Waals surface area contributed by atoms with E-state index in [1.54, 1.807) is 30.0 Å². The van der Waals surface area contributed by atoms with Gasteiger partial charge in [0.25, 0.3) is 5.82 Å². The number of rotatable bonds is 3. The topological polar surface area (TPSA) is 57.0 Å². The van der Waals surface area contributed by atoms with E-state index in [-0.39, 0.29) is 5.82 Å². The van der Waals surface area contributed by atoms with Crippen LogP contribution in [0.1, 0.15) is 34.4 Å². The van der Waals surface area contributed by atoms with Crippen molar-refractivity contribution in [1.29, 1.82) is 0 Å². The molecule has 2 aromatic rings. The van der Waals surface area contributed by atoms with Gasteiger partial charge in [-0.2, -0.15) is 0 Å². The van der Waals surface area contributed by atoms with Gasteiger partial charge in [-0.3, -0.25) is 0 Å². The number of carbonyl (C=O) groups excluding carboxylic acids is 1. The maximum atomic E-state index is 11.6. The van der Waals surface area contributed by atoms with Crippen molar-refractivity contribution in [1.82, 2.24) is 14.8 Å². The summed E-state index contributed by atoms with van der Waals surface area (Å²) in [6.07, 6.45) is 3.55. The third kappa shape index (κ3) is 2.16. The molecule has 0 spiro atoms. The molecule has 1 aliphatic carbocycles. The number of hydrogen-bond acceptors (Lipinski definition) is 5. The Morgan fingerprint density at radius 2 is 2.37 bits per heavy atom. The highest BCUT2D eigenvalue weighted by molar-refractivity contribution is 7.15. The second-order valence-corrected chi connectivity index (χ2v) is 5.65. The summed E-state index contributed by atoms with van der Waals surface area (Å²) in [6, 6.07) is 2.17. The lowest BCUT2D eigenvalue weighted by atomic mass is 10.2. The minimum absolute atomic E-state index is 0.132. The Balaban J connectivity index is 1.94. The summed E-state index contributed by atoms with van der Waals surface area (Å²) in [6.45, 7) is 2.10. The number of aromatic nitrogens is 3. The number of carbonyl (C=O) groups is 1. The lowest BCUT2D eigenvalue weighted by Gasteiger charge is -1.94. The highest BCUT2D eigenvalue weighted by Crippen LogP contribution is 2.35. The van der Waals surface area contributed by atoms with Crippen LogP contribution in [0.3, 0.4) is 0 Å². The number of esters is 1. The van der Waals surface area contributed by atoms with E-state index in [0.717, 1.165) is 23.5 Å². The third-order valence-electron chi connectivity index (χ3n) is 3.19. The van der Waals surface area contributed by atoms with E-state index in [2.05, 4.69) is 16.1 Å². The van der Waals surface area contributed by atoms with Gasteiger partial charge in [-0.15, -0.1) is 16.4 Å². The van der Waals surface area contributed by atoms with Gasteiger partial charge < -0.3 is 4.74 Å². The number of nitrogens with zero attached hydrogens (tertiary/aromatic N) is 3. The van der Waals surface area contributed by atoms with Gasteiger partial charge in [-0.05, 0) is 37.8 Å². The first-order valence-corrected chi connectivity index (χ1v) is 7.20. The van der Waals surface area contributed by atoms with Crippen LogP contribution < -0.4 is 0 Å². The molecule has 0 aromatic carbocycles. The predicted molar refractivity (Wildman–Crippen MR) is 72.3 cm³/mol. The van der Waals surface area contributed by atoms with E-state index < -0.39 is 5.97 Å². The quantitative estimate of drug-likeness (QED) is 0.807. The van der Waals surface area contributed by atoms with Crippen LogP contribution in [-0.2, 0) is 24.6 Å². The molecule has 0 saturated carbocycles. The van der Waals surface area contributed by atoms with Crippen LogP contribution in [0, 0.1) is 0 Å². The molecule has 5 nitrogen and oxygen atoms in total. The molecule has 0 amide bonds. The Bertz CT molecular complexity index is 608. The Kier molecular flexibility index (Phi) is 3.10. The second kappa shape index (κ2) is 4.77. The van der Waals surface area contributed by atoms with E-state index in [9.17, 15) is 4.79 Å². The number of aryl methyl sites for hydroxylation is 3. The molecule has 2 aromatic heterocycles. The van der Waals surface area contributed by atoms with Gasteiger partial charge in [0.15, 0.2) is 5.82 Å². The largest absolute Gasteiger partial charge is 0.460 e. The van der Waals surface area contributed by atoms with Crippen LogP contribution in [0.25, 0.3) is 10.7 Å². The molecule has 6 heteroatoms. The van der Waals surface area contributed by atoms with Gasteiger partial charge in [0.2, 0.25) is 0 Å². The van der Waals surface area contributed by atoms with Crippen LogP contribution >= 0.6 is 11.3 Å². The molecule has 1 aliphatic rings. The van der Waals surface area contributed by atoms with E-state index in [1.807, 2.05) is 0 Å². The molecule has 0 N–H and O–H groups in total. The maximum absolute atomic E-state index is 11.6. The third-order valence-corrected chi connectivity index (χ3v) is 4.42. The van der Waals surface area contributed by atoms with Gasteiger partial charge >= 0.3 is 5.97 Å². The van der Waals surface area contributed by atoms with Crippen molar-refractivity contribution in [2.45, 2.75) is 26.2 Å². The zero-order chi connectivity index (χ0) is 13.4. The van der Waals surface area contributed by atoms with Crippen molar-refractivity contribution < 1.29 is 9.53 Å². The van der Waals surface area contributed by atoms with Gasteiger partial charge in [0, 0.05) is 11.9 Å². The summed E-state index contributed by atoms with van der Waals surface area (Å²) in [5, 5.41) is 4.13. The van der Waals surface area contributed by atoms with Crippen molar-refractivity contribution in [3.8, 4) is 10.7 Å². The first-order chi connectivity index (χ1) is 9.19. The minimum Gasteiger partial charge on any atom is -0.460 e. The zero-order valence-corrected chi connectivity index (χ0v) is 11.8. The Labute approximate surface area is 115 Å². The molecule has 0 saturated heterocycles. The first-order valence-electron chi connectivity index (χ1n) is 6.39. The molecule has 3 rings (SSSR count). The smallest absolute Gasteiger partial charge is 0.378 e. The molecular formula is C13H15N3O2S. The van der Waals surface area contributed by atoms with Crippen LogP contribution in [0.15, 0.2) is 6.07 Å². The molecule has 100 valence electrons. The number of ether oxygens (including phenoxy) is 1. The molecule has 0 radical (unpaired) electrons. The second-order valence-electron chi connectivity index (χ2n) is 4.52. The fourth-order valence-corrected chi connectivity index (χ4v) is 3.59. The SMILES string of the molecule is CCOC(=O)c1nc(-c2cc3c(s2)CCC3)n(C)n1. The summed E-state index contributed by atoms with van der Waals surface area (Å²) < 4.78 is 6.57. The lowest BCUT2D eigenvalue weighted by Crippen LogP contribution is -2.07. The van der Waals surface area contributed by atoms with Crippen LogP contribution in [-0.4, -0.2) is 27.3 Å². The van der Waals surface area contributed by atoms with Crippen molar-refractivity contribution >= 4 is 17.3 Å². The molecule has 0 bridgehead atoms. The van der Waals surface area contributed by atoms with Gasteiger partial charge in [-0.25, -0.2) is 14.5 Å². The van der Waals surface area contributed by atoms with Gasteiger partial charge in [-0.1, -0.05) is 0 Å².